The quantitative estimate of drug-likeness (QED) is 0.656. The molecular formula is C17H29NO4. The van der Waals surface area contributed by atoms with Crippen LogP contribution in [0.5, 0.6) is 5.75 Å². The Kier molecular flexibility index (Phi) is 9.08. The molecule has 0 heterocycles. The summed E-state index contributed by atoms with van der Waals surface area (Å²) in [6.07, 6.45) is -0.586. The van der Waals surface area contributed by atoms with E-state index in [1.54, 1.807) is 7.11 Å². The standard InChI is InChI=1S/C17H29NO4/c1-5-21-17(12-20-4)14-6-8-16(9-7-14)22-11-15(19)10-18-13(2)3/h6-9,13,15,17-19H,5,10-12H2,1-4H3. The molecule has 5 nitrogen and oxygen atoms in total. The van der Waals surface area contributed by atoms with Gasteiger partial charge in [0, 0.05) is 26.3 Å². The molecule has 2 N–H and O–H groups in total. The topological polar surface area (TPSA) is 60.0 Å². The maximum atomic E-state index is 9.82. The lowest BCUT2D eigenvalue weighted by atomic mass is 10.1. The van der Waals surface area contributed by atoms with E-state index in [1.165, 1.54) is 0 Å². The summed E-state index contributed by atoms with van der Waals surface area (Å²) in [5.74, 6) is 0.736. The first-order valence-corrected chi connectivity index (χ1v) is 7.81. The van der Waals surface area contributed by atoms with Crippen LogP contribution in [0.15, 0.2) is 24.3 Å². The van der Waals surface area contributed by atoms with Gasteiger partial charge in [0.05, 0.1) is 6.61 Å². The first-order chi connectivity index (χ1) is 10.6. The second kappa shape index (κ2) is 10.6. The fourth-order valence-corrected chi connectivity index (χ4v) is 1.99. The van der Waals surface area contributed by atoms with Gasteiger partial charge in [-0.15, -0.1) is 0 Å². The van der Waals surface area contributed by atoms with Crippen molar-refractivity contribution in [3.63, 3.8) is 0 Å². The summed E-state index contributed by atoms with van der Waals surface area (Å²) in [7, 11) is 1.66. The lowest BCUT2D eigenvalue weighted by molar-refractivity contribution is 0.00276. The first kappa shape index (κ1) is 18.9. The summed E-state index contributed by atoms with van der Waals surface area (Å²) >= 11 is 0. The molecule has 22 heavy (non-hydrogen) atoms. The molecule has 0 aromatic heterocycles. The van der Waals surface area contributed by atoms with Crippen LogP contribution < -0.4 is 10.1 Å². The van der Waals surface area contributed by atoms with Crippen LogP contribution in [0.1, 0.15) is 32.4 Å². The van der Waals surface area contributed by atoms with Gasteiger partial charge in [0.15, 0.2) is 0 Å². The van der Waals surface area contributed by atoms with Crippen molar-refractivity contribution in [3.05, 3.63) is 29.8 Å². The van der Waals surface area contributed by atoms with E-state index in [9.17, 15) is 5.11 Å². The fraction of sp³-hybridized carbons (Fsp3) is 0.647. The fourth-order valence-electron chi connectivity index (χ4n) is 1.99. The van der Waals surface area contributed by atoms with E-state index in [2.05, 4.69) is 5.32 Å². The average molecular weight is 311 g/mol. The van der Waals surface area contributed by atoms with Gasteiger partial charge in [-0.05, 0) is 24.6 Å². The van der Waals surface area contributed by atoms with Crippen LogP contribution in [0, 0.1) is 0 Å². The predicted octanol–water partition coefficient (Wildman–Crippen LogP) is 2.15. The van der Waals surface area contributed by atoms with Crippen LogP contribution >= 0.6 is 0 Å². The first-order valence-electron chi connectivity index (χ1n) is 7.81. The van der Waals surface area contributed by atoms with Gasteiger partial charge in [-0.1, -0.05) is 26.0 Å². The molecule has 1 aromatic rings. The Bertz CT molecular complexity index is 388. The molecule has 0 saturated heterocycles. The van der Waals surface area contributed by atoms with E-state index in [1.807, 2.05) is 45.0 Å². The molecule has 126 valence electrons. The van der Waals surface area contributed by atoms with Crippen LogP contribution in [0.25, 0.3) is 0 Å². The van der Waals surface area contributed by atoms with E-state index >= 15 is 0 Å². The van der Waals surface area contributed by atoms with E-state index in [-0.39, 0.29) is 12.7 Å². The highest BCUT2D eigenvalue weighted by Gasteiger charge is 2.11. The monoisotopic (exact) mass is 311 g/mol. The summed E-state index contributed by atoms with van der Waals surface area (Å²) in [4.78, 5) is 0. The van der Waals surface area contributed by atoms with Crippen LogP contribution in [-0.4, -0.2) is 50.7 Å². The Labute approximate surface area is 133 Å². The normalized spacial score (nSPS) is 14.1. The number of nitrogens with one attached hydrogen (secondary N) is 1. The molecule has 5 heteroatoms. The zero-order chi connectivity index (χ0) is 16.4. The third-order valence-corrected chi connectivity index (χ3v) is 3.14. The van der Waals surface area contributed by atoms with Crippen molar-refractivity contribution in [2.45, 2.75) is 39.0 Å². The summed E-state index contributed by atoms with van der Waals surface area (Å²) in [5, 5.41) is 13.0. The van der Waals surface area contributed by atoms with Gasteiger partial charge in [0.25, 0.3) is 0 Å². The van der Waals surface area contributed by atoms with E-state index in [0.717, 1.165) is 11.3 Å². The van der Waals surface area contributed by atoms with E-state index in [4.69, 9.17) is 14.2 Å². The highest BCUT2D eigenvalue weighted by Crippen LogP contribution is 2.21. The van der Waals surface area contributed by atoms with E-state index < -0.39 is 6.10 Å². The number of aliphatic hydroxyl groups is 1. The Balaban J connectivity index is 2.46. The van der Waals surface area contributed by atoms with Gasteiger partial charge in [-0.2, -0.15) is 0 Å². The van der Waals surface area contributed by atoms with Gasteiger partial charge in [-0.3, -0.25) is 0 Å². The van der Waals surface area contributed by atoms with Gasteiger partial charge in [-0.25, -0.2) is 0 Å². The van der Waals surface area contributed by atoms with Gasteiger partial charge >= 0.3 is 0 Å². The Morgan fingerprint density at radius 1 is 1.14 bits per heavy atom. The summed E-state index contributed by atoms with van der Waals surface area (Å²) in [6.45, 7) is 8.01. The van der Waals surface area contributed by atoms with Gasteiger partial charge < -0.3 is 24.6 Å². The Morgan fingerprint density at radius 3 is 2.36 bits per heavy atom. The summed E-state index contributed by atoms with van der Waals surface area (Å²) < 4.78 is 16.4. The summed E-state index contributed by atoms with van der Waals surface area (Å²) in [6, 6.07) is 8.06. The van der Waals surface area contributed by atoms with E-state index in [0.29, 0.717) is 25.8 Å². The second-order valence-corrected chi connectivity index (χ2v) is 5.50. The molecule has 0 fully saturated rings. The third kappa shape index (κ3) is 7.22. The van der Waals surface area contributed by atoms with Crippen molar-refractivity contribution in [2.75, 3.05) is 33.5 Å². The van der Waals surface area contributed by atoms with Crippen molar-refractivity contribution in [2.24, 2.45) is 0 Å². The lowest BCUT2D eigenvalue weighted by Gasteiger charge is -2.18. The molecule has 0 bridgehead atoms. The molecule has 0 aliphatic carbocycles. The molecular weight excluding hydrogens is 282 g/mol. The molecule has 0 saturated carbocycles. The minimum atomic E-state index is -0.522. The number of methoxy groups -OCH3 is 1. The Hall–Kier alpha value is -1.14. The van der Waals surface area contributed by atoms with Crippen molar-refractivity contribution in [3.8, 4) is 5.75 Å². The molecule has 0 aliphatic rings. The molecule has 2 atom stereocenters. The maximum absolute atomic E-state index is 9.82. The van der Waals surface area contributed by atoms with Gasteiger partial charge in [0.2, 0.25) is 0 Å². The van der Waals surface area contributed by atoms with Crippen molar-refractivity contribution >= 4 is 0 Å². The number of aliphatic hydroxyl groups excluding tert-OH is 1. The minimum absolute atomic E-state index is 0.0649. The largest absolute Gasteiger partial charge is 0.491 e. The van der Waals surface area contributed by atoms with Crippen LogP contribution in [0.4, 0.5) is 0 Å². The molecule has 1 aromatic carbocycles. The van der Waals surface area contributed by atoms with Crippen molar-refractivity contribution in [1.29, 1.82) is 0 Å². The predicted molar refractivity (Wildman–Crippen MR) is 87.3 cm³/mol. The number of ether oxygens (including phenoxy) is 3. The molecule has 0 spiro atoms. The third-order valence-electron chi connectivity index (χ3n) is 3.14. The Morgan fingerprint density at radius 2 is 1.82 bits per heavy atom. The SMILES string of the molecule is CCOC(COC)c1ccc(OCC(O)CNC(C)C)cc1. The molecule has 0 radical (unpaired) electrons. The smallest absolute Gasteiger partial charge is 0.119 e. The highest BCUT2D eigenvalue weighted by molar-refractivity contribution is 5.28. The number of hydrogen-bond acceptors (Lipinski definition) is 5. The maximum Gasteiger partial charge on any atom is 0.119 e. The zero-order valence-electron chi connectivity index (χ0n) is 14.0. The number of hydrogen-bond donors (Lipinski definition) is 2. The highest BCUT2D eigenvalue weighted by atomic mass is 16.5. The van der Waals surface area contributed by atoms with Crippen LogP contribution in [-0.2, 0) is 9.47 Å². The molecule has 0 aliphatic heterocycles. The lowest BCUT2D eigenvalue weighted by Crippen LogP contribution is -2.35. The van der Waals surface area contributed by atoms with Crippen molar-refractivity contribution in [1.82, 2.24) is 5.32 Å². The number of rotatable bonds is 11. The summed E-state index contributed by atoms with van der Waals surface area (Å²) in [5.41, 5.74) is 1.05. The number of benzene rings is 1. The minimum Gasteiger partial charge on any atom is -0.491 e. The second-order valence-electron chi connectivity index (χ2n) is 5.50. The van der Waals surface area contributed by atoms with Crippen LogP contribution in [0.2, 0.25) is 0 Å². The van der Waals surface area contributed by atoms with Crippen molar-refractivity contribution < 1.29 is 19.3 Å². The molecule has 1 rings (SSSR count). The van der Waals surface area contributed by atoms with Gasteiger partial charge in [0.1, 0.15) is 24.6 Å². The van der Waals surface area contributed by atoms with Crippen LogP contribution in [0.3, 0.4) is 0 Å². The zero-order valence-corrected chi connectivity index (χ0v) is 14.0. The molecule has 2 unspecified atom stereocenters. The average Bonchev–Trinajstić information content (AvgIpc) is 2.51. The molecule has 0 amide bonds.